The Morgan fingerprint density at radius 2 is 2.15 bits per heavy atom. The van der Waals surface area contributed by atoms with E-state index in [-0.39, 0.29) is 35.6 Å². The van der Waals surface area contributed by atoms with Crippen molar-refractivity contribution >= 4 is 29.1 Å². The Morgan fingerprint density at radius 3 is 2.81 bits per heavy atom. The largest absolute Gasteiger partial charge is 0.390 e. The minimum Gasteiger partial charge on any atom is -0.358 e. The van der Waals surface area contributed by atoms with E-state index in [4.69, 9.17) is 11.6 Å². The summed E-state index contributed by atoms with van der Waals surface area (Å²) in [5, 5.41) is 21.4. The minimum atomic E-state index is -0.633. The number of carbonyl (C=O) groups excluding carboxylic acids is 1. The van der Waals surface area contributed by atoms with Crippen LogP contribution in [0, 0.1) is 22.9 Å². The lowest BCUT2D eigenvalue weighted by Crippen LogP contribution is -2.21. The fourth-order valence-corrected chi connectivity index (χ4v) is 2.63. The number of carbonyl (C=O) groups is 1. The zero-order valence-corrected chi connectivity index (χ0v) is 14.9. The third-order valence-electron chi connectivity index (χ3n) is 3.66. The smallest absolute Gasteiger partial charge is 0.358 e. The number of amides is 1. The molecule has 11 heteroatoms. The molecule has 0 radical (unpaired) electrons. The molecule has 0 atom stereocenters. The number of anilines is 1. The highest BCUT2D eigenvalue weighted by Crippen LogP contribution is 2.20. The molecule has 27 heavy (non-hydrogen) atoms. The summed E-state index contributed by atoms with van der Waals surface area (Å²) in [6.45, 7) is 1.65. The maximum atomic E-state index is 13.3. The summed E-state index contributed by atoms with van der Waals surface area (Å²) in [6, 6.07) is 7.32. The number of aryl methyl sites for hydroxylation is 1. The molecule has 2 aromatic heterocycles. The van der Waals surface area contributed by atoms with Gasteiger partial charge in [0.2, 0.25) is 5.91 Å². The fourth-order valence-electron chi connectivity index (χ4n) is 2.43. The maximum absolute atomic E-state index is 13.3. The summed E-state index contributed by atoms with van der Waals surface area (Å²) >= 11 is 6.08. The molecule has 140 valence electrons. The lowest BCUT2D eigenvalue weighted by Gasteiger charge is -2.03. The first kappa shape index (κ1) is 18.5. The van der Waals surface area contributed by atoms with Crippen LogP contribution < -0.4 is 5.32 Å². The van der Waals surface area contributed by atoms with Crippen molar-refractivity contribution in [2.24, 2.45) is 0 Å². The number of hydrogen-bond acceptors (Lipinski definition) is 5. The van der Waals surface area contributed by atoms with E-state index in [1.54, 1.807) is 19.1 Å². The minimum absolute atomic E-state index is 0.136. The van der Waals surface area contributed by atoms with Crippen molar-refractivity contribution < 1.29 is 14.1 Å². The van der Waals surface area contributed by atoms with Crippen molar-refractivity contribution in [2.75, 3.05) is 5.32 Å². The molecule has 0 unspecified atom stereocenters. The molecular weight excluding hydrogens is 379 g/mol. The van der Waals surface area contributed by atoms with Crippen molar-refractivity contribution in [3.8, 4) is 0 Å². The van der Waals surface area contributed by atoms with Crippen molar-refractivity contribution in [1.82, 2.24) is 19.6 Å². The first-order valence-corrected chi connectivity index (χ1v) is 8.15. The van der Waals surface area contributed by atoms with Gasteiger partial charge in [-0.3, -0.25) is 9.48 Å². The van der Waals surface area contributed by atoms with Gasteiger partial charge in [-0.15, -0.1) is 0 Å². The Bertz CT molecular complexity index is 1020. The standard InChI is InChI=1S/C16H14ClFN6O3/c1-10-5-14(24(26)27)20-23(10)9-15(25)19-16-13(17)8-22(21-16)7-11-3-2-4-12(18)6-11/h2-6,8H,7,9H2,1H3,(H,19,21,25). The van der Waals surface area contributed by atoms with E-state index in [2.05, 4.69) is 15.5 Å². The number of benzene rings is 1. The number of hydrogen-bond donors (Lipinski definition) is 1. The quantitative estimate of drug-likeness (QED) is 0.512. The Balaban J connectivity index is 1.68. The van der Waals surface area contributed by atoms with E-state index >= 15 is 0 Å². The van der Waals surface area contributed by atoms with Crippen LogP contribution in [0.2, 0.25) is 5.02 Å². The molecule has 3 aromatic rings. The first-order valence-electron chi connectivity index (χ1n) is 7.78. The van der Waals surface area contributed by atoms with E-state index in [1.165, 1.54) is 33.8 Å². The number of aromatic nitrogens is 4. The molecule has 0 aliphatic carbocycles. The predicted molar refractivity (Wildman–Crippen MR) is 95.0 cm³/mol. The monoisotopic (exact) mass is 392 g/mol. The Hall–Kier alpha value is -3.27. The van der Waals surface area contributed by atoms with Crippen molar-refractivity contribution in [1.29, 1.82) is 0 Å². The number of nitrogens with zero attached hydrogens (tertiary/aromatic N) is 5. The van der Waals surface area contributed by atoms with E-state index in [0.29, 0.717) is 11.3 Å². The molecule has 0 bridgehead atoms. The van der Waals surface area contributed by atoms with Crippen LogP contribution in [-0.4, -0.2) is 30.4 Å². The molecule has 1 N–H and O–H groups in total. The zero-order valence-electron chi connectivity index (χ0n) is 14.1. The Labute approximate surface area is 157 Å². The number of halogens is 2. The lowest BCUT2D eigenvalue weighted by atomic mass is 10.2. The zero-order chi connectivity index (χ0) is 19.6. The van der Waals surface area contributed by atoms with Gasteiger partial charge in [0.15, 0.2) is 5.82 Å². The second-order valence-corrected chi connectivity index (χ2v) is 6.17. The van der Waals surface area contributed by atoms with Gasteiger partial charge in [0.1, 0.15) is 17.4 Å². The van der Waals surface area contributed by atoms with E-state index < -0.39 is 10.8 Å². The molecule has 0 fully saturated rings. The third kappa shape index (κ3) is 4.47. The van der Waals surface area contributed by atoms with Crippen LogP contribution in [0.5, 0.6) is 0 Å². The molecule has 2 heterocycles. The first-order chi connectivity index (χ1) is 12.8. The average Bonchev–Trinajstić information content (AvgIpc) is 3.11. The molecule has 0 spiro atoms. The molecule has 1 aromatic carbocycles. The molecule has 9 nitrogen and oxygen atoms in total. The van der Waals surface area contributed by atoms with Gasteiger partial charge in [0.05, 0.1) is 23.4 Å². The van der Waals surface area contributed by atoms with Gasteiger partial charge in [-0.1, -0.05) is 23.7 Å². The van der Waals surface area contributed by atoms with Crippen molar-refractivity contribution in [3.05, 3.63) is 68.7 Å². The van der Waals surface area contributed by atoms with Crippen LogP contribution in [0.4, 0.5) is 16.0 Å². The van der Waals surface area contributed by atoms with E-state index in [9.17, 15) is 19.3 Å². The van der Waals surface area contributed by atoms with Crippen molar-refractivity contribution in [3.63, 3.8) is 0 Å². The summed E-state index contributed by atoms with van der Waals surface area (Å²) in [5.41, 5.74) is 1.16. The van der Waals surface area contributed by atoms with Crippen LogP contribution in [-0.2, 0) is 17.9 Å². The molecule has 0 aliphatic rings. The summed E-state index contributed by atoms with van der Waals surface area (Å²) < 4.78 is 15.9. The second kappa shape index (κ2) is 7.54. The van der Waals surface area contributed by atoms with Gasteiger partial charge in [0.25, 0.3) is 0 Å². The molecule has 3 rings (SSSR count). The van der Waals surface area contributed by atoms with Gasteiger partial charge in [0, 0.05) is 6.20 Å². The average molecular weight is 393 g/mol. The highest BCUT2D eigenvalue weighted by atomic mass is 35.5. The van der Waals surface area contributed by atoms with Gasteiger partial charge in [-0.05, 0) is 29.5 Å². The SMILES string of the molecule is Cc1cc([N+](=O)[O-])nn1CC(=O)Nc1nn(Cc2cccc(F)c2)cc1Cl. The lowest BCUT2D eigenvalue weighted by molar-refractivity contribution is -0.389. The van der Waals surface area contributed by atoms with Gasteiger partial charge >= 0.3 is 5.82 Å². The Kier molecular flexibility index (Phi) is 5.17. The summed E-state index contributed by atoms with van der Waals surface area (Å²) in [5.74, 6) is -1.05. The molecule has 0 saturated heterocycles. The topological polar surface area (TPSA) is 108 Å². The van der Waals surface area contributed by atoms with Crippen molar-refractivity contribution in [2.45, 2.75) is 20.0 Å². The third-order valence-corrected chi connectivity index (χ3v) is 3.93. The van der Waals surface area contributed by atoms with Crippen LogP contribution in [0.1, 0.15) is 11.3 Å². The highest BCUT2D eigenvalue weighted by Gasteiger charge is 2.18. The Morgan fingerprint density at radius 1 is 1.37 bits per heavy atom. The van der Waals surface area contributed by atoms with Crippen LogP contribution >= 0.6 is 11.6 Å². The normalized spacial score (nSPS) is 10.8. The van der Waals surface area contributed by atoms with Crippen LogP contribution in [0.25, 0.3) is 0 Å². The van der Waals surface area contributed by atoms with Crippen LogP contribution in [0.3, 0.4) is 0 Å². The second-order valence-electron chi connectivity index (χ2n) is 5.76. The molecular formula is C16H14ClFN6O3. The summed E-state index contributed by atoms with van der Waals surface area (Å²) in [4.78, 5) is 22.3. The van der Waals surface area contributed by atoms with Crippen LogP contribution in [0.15, 0.2) is 36.5 Å². The number of nitrogens with one attached hydrogen (secondary N) is 1. The van der Waals surface area contributed by atoms with Gasteiger partial charge in [-0.2, -0.15) is 9.78 Å². The van der Waals surface area contributed by atoms with Gasteiger partial charge in [-0.25, -0.2) is 4.39 Å². The number of rotatable bonds is 6. The highest BCUT2D eigenvalue weighted by molar-refractivity contribution is 6.33. The summed E-state index contributed by atoms with van der Waals surface area (Å²) in [7, 11) is 0. The number of nitro groups is 1. The maximum Gasteiger partial charge on any atom is 0.390 e. The van der Waals surface area contributed by atoms with Gasteiger partial charge < -0.3 is 15.4 Å². The molecule has 0 aliphatic heterocycles. The van der Waals surface area contributed by atoms with E-state index in [0.717, 1.165) is 0 Å². The summed E-state index contributed by atoms with van der Waals surface area (Å²) in [6.07, 6.45) is 1.51. The van der Waals surface area contributed by atoms with E-state index in [1.807, 2.05) is 0 Å². The molecule has 1 amide bonds. The predicted octanol–water partition coefficient (Wildman–Crippen LogP) is 2.78. The fraction of sp³-hybridized carbons (Fsp3) is 0.188. The molecule has 0 saturated carbocycles.